The summed E-state index contributed by atoms with van der Waals surface area (Å²) in [5.74, 6) is 0.469. The quantitative estimate of drug-likeness (QED) is 0.436. The number of aryl methyl sites for hydroxylation is 2. The van der Waals surface area contributed by atoms with Crippen LogP contribution in [0.3, 0.4) is 0 Å². The van der Waals surface area contributed by atoms with Crippen molar-refractivity contribution in [2.45, 2.75) is 33.1 Å². The molecule has 2 aromatic heterocycles. The van der Waals surface area contributed by atoms with E-state index in [0.29, 0.717) is 30.0 Å². The fourth-order valence-electron chi connectivity index (χ4n) is 4.36. The van der Waals surface area contributed by atoms with Gasteiger partial charge in [-0.2, -0.15) is 0 Å². The van der Waals surface area contributed by atoms with Crippen molar-refractivity contribution in [2.75, 3.05) is 13.7 Å². The van der Waals surface area contributed by atoms with Gasteiger partial charge in [-0.3, -0.25) is 4.79 Å². The van der Waals surface area contributed by atoms with Crippen LogP contribution in [0, 0.1) is 13.8 Å². The summed E-state index contributed by atoms with van der Waals surface area (Å²) >= 11 is 0. The largest absolute Gasteiger partial charge is 0.496 e. The molecule has 4 rings (SSSR count). The highest BCUT2D eigenvalue weighted by Crippen LogP contribution is 2.39. The van der Waals surface area contributed by atoms with E-state index in [0.717, 1.165) is 33.3 Å². The van der Waals surface area contributed by atoms with Gasteiger partial charge in [-0.1, -0.05) is 48.0 Å². The zero-order valence-electron chi connectivity index (χ0n) is 19.3. The summed E-state index contributed by atoms with van der Waals surface area (Å²) in [6.07, 6.45) is 0.612. The van der Waals surface area contributed by atoms with Crippen LogP contribution in [0.5, 0.6) is 5.75 Å². The summed E-state index contributed by atoms with van der Waals surface area (Å²) in [6, 6.07) is 17.9. The molecule has 0 aliphatic carbocycles. The molecule has 6 nitrogen and oxygen atoms in total. The number of aromatic nitrogens is 1. The van der Waals surface area contributed by atoms with Gasteiger partial charge in [0.2, 0.25) is 5.91 Å². The van der Waals surface area contributed by atoms with Gasteiger partial charge in [0.15, 0.2) is 0 Å². The third-order valence-corrected chi connectivity index (χ3v) is 5.88. The van der Waals surface area contributed by atoms with Gasteiger partial charge in [0.1, 0.15) is 11.5 Å². The molecule has 2 N–H and O–H groups in total. The minimum absolute atomic E-state index is 0.0766. The van der Waals surface area contributed by atoms with Gasteiger partial charge in [0.25, 0.3) is 0 Å². The van der Waals surface area contributed by atoms with Crippen molar-refractivity contribution < 1.29 is 13.9 Å². The first-order chi connectivity index (χ1) is 15.9. The summed E-state index contributed by atoms with van der Waals surface area (Å²) in [5, 5.41) is 3.95. The van der Waals surface area contributed by atoms with Gasteiger partial charge in [0.05, 0.1) is 18.6 Å². The van der Waals surface area contributed by atoms with Gasteiger partial charge in [-0.15, -0.1) is 0 Å². The fraction of sp³-hybridized carbons (Fsp3) is 0.259. The predicted octanol–water partition coefficient (Wildman–Crippen LogP) is 4.61. The highest BCUT2D eigenvalue weighted by Gasteiger charge is 2.29. The number of nitrogens with one attached hydrogen (secondary N) is 2. The SMILES string of the molecule is COc1cc(C)oc(=O)c1C(c1ccc(C)cc1)c1[nH]c2ccccc2c1CCNC(C)=O. The normalized spacial score (nSPS) is 12.0. The number of rotatable bonds is 7. The molecule has 2 heterocycles. The van der Waals surface area contributed by atoms with Crippen molar-refractivity contribution in [3.63, 3.8) is 0 Å². The Morgan fingerprint density at radius 3 is 2.55 bits per heavy atom. The molecule has 1 atom stereocenters. The molecule has 0 aliphatic rings. The van der Waals surface area contributed by atoms with E-state index in [1.807, 2.05) is 49.4 Å². The number of hydrogen-bond acceptors (Lipinski definition) is 4. The highest BCUT2D eigenvalue weighted by molar-refractivity contribution is 5.85. The van der Waals surface area contributed by atoms with Crippen molar-refractivity contribution >= 4 is 16.8 Å². The lowest BCUT2D eigenvalue weighted by Crippen LogP contribution is -2.23. The van der Waals surface area contributed by atoms with E-state index in [4.69, 9.17) is 9.15 Å². The number of carbonyl (C=O) groups excluding carboxylic acids is 1. The van der Waals surface area contributed by atoms with Crippen LogP contribution in [-0.4, -0.2) is 24.5 Å². The molecular weight excluding hydrogens is 416 g/mol. The first-order valence-electron chi connectivity index (χ1n) is 11.0. The average molecular weight is 445 g/mol. The third-order valence-electron chi connectivity index (χ3n) is 5.88. The minimum atomic E-state index is -0.433. The minimum Gasteiger partial charge on any atom is -0.496 e. The molecule has 4 aromatic rings. The maximum Gasteiger partial charge on any atom is 0.343 e. The maximum atomic E-state index is 13.2. The van der Waals surface area contributed by atoms with Crippen molar-refractivity contribution in [2.24, 2.45) is 0 Å². The standard InChI is InChI=1S/C27H28N2O4/c1-16-9-11-19(12-10-16)24(25-23(32-4)15-17(2)33-27(25)31)26-21(13-14-28-18(3)30)20-7-5-6-8-22(20)29-26/h5-12,15,24,29H,13-14H2,1-4H3,(H,28,30). The number of aromatic amines is 1. The van der Waals surface area contributed by atoms with E-state index >= 15 is 0 Å². The molecule has 0 radical (unpaired) electrons. The van der Waals surface area contributed by atoms with Crippen LogP contribution >= 0.6 is 0 Å². The van der Waals surface area contributed by atoms with Gasteiger partial charge >= 0.3 is 5.63 Å². The molecule has 0 spiro atoms. The molecule has 0 saturated heterocycles. The van der Waals surface area contributed by atoms with Crippen LogP contribution in [0.25, 0.3) is 10.9 Å². The molecule has 0 aliphatic heterocycles. The van der Waals surface area contributed by atoms with Gasteiger partial charge in [0, 0.05) is 36.1 Å². The second-order valence-electron chi connectivity index (χ2n) is 8.27. The zero-order valence-corrected chi connectivity index (χ0v) is 19.3. The van der Waals surface area contributed by atoms with E-state index in [-0.39, 0.29) is 5.91 Å². The molecule has 0 bridgehead atoms. The first kappa shape index (κ1) is 22.4. The number of benzene rings is 2. The lowest BCUT2D eigenvalue weighted by atomic mass is 9.85. The number of ether oxygens (including phenoxy) is 1. The second-order valence-corrected chi connectivity index (χ2v) is 8.27. The van der Waals surface area contributed by atoms with Crippen LogP contribution in [0.2, 0.25) is 0 Å². The van der Waals surface area contributed by atoms with E-state index in [2.05, 4.69) is 16.4 Å². The topological polar surface area (TPSA) is 84.3 Å². The molecule has 170 valence electrons. The molecule has 33 heavy (non-hydrogen) atoms. The summed E-state index contributed by atoms with van der Waals surface area (Å²) in [5.41, 5.74) is 5.00. The molecular formula is C27H28N2O4. The Labute approximate surface area is 192 Å². The summed E-state index contributed by atoms with van der Waals surface area (Å²) in [4.78, 5) is 28.2. The first-order valence-corrected chi connectivity index (χ1v) is 11.0. The Bertz CT molecular complexity index is 1350. The fourth-order valence-corrected chi connectivity index (χ4v) is 4.36. The maximum absolute atomic E-state index is 13.2. The lowest BCUT2D eigenvalue weighted by Gasteiger charge is -2.21. The Kier molecular flexibility index (Phi) is 6.36. The van der Waals surface area contributed by atoms with Gasteiger partial charge in [-0.25, -0.2) is 4.79 Å². The van der Waals surface area contributed by atoms with Crippen molar-refractivity contribution in [3.05, 3.63) is 98.7 Å². The highest BCUT2D eigenvalue weighted by atomic mass is 16.5. The summed E-state index contributed by atoms with van der Waals surface area (Å²) < 4.78 is 11.2. The number of amides is 1. The van der Waals surface area contributed by atoms with Crippen molar-refractivity contribution in [1.82, 2.24) is 10.3 Å². The number of hydrogen-bond donors (Lipinski definition) is 2. The molecule has 0 saturated carbocycles. The number of methoxy groups -OCH3 is 1. The van der Waals surface area contributed by atoms with Crippen LogP contribution in [0.4, 0.5) is 0 Å². The Balaban J connectivity index is 1.99. The predicted molar refractivity (Wildman–Crippen MR) is 129 cm³/mol. The Morgan fingerprint density at radius 1 is 1.12 bits per heavy atom. The van der Waals surface area contributed by atoms with Crippen LogP contribution in [0.15, 0.2) is 63.8 Å². The molecule has 1 unspecified atom stereocenters. The summed E-state index contributed by atoms with van der Waals surface area (Å²) in [6.45, 7) is 5.76. The van der Waals surface area contributed by atoms with Crippen molar-refractivity contribution in [1.29, 1.82) is 0 Å². The number of fused-ring (bicyclic) bond motifs is 1. The monoisotopic (exact) mass is 444 g/mol. The molecule has 1 amide bonds. The van der Waals surface area contributed by atoms with E-state index in [1.165, 1.54) is 6.92 Å². The Hall–Kier alpha value is -3.80. The summed E-state index contributed by atoms with van der Waals surface area (Å²) in [7, 11) is 1.56. The molecule has 6 heteroatoms. The molecule has 0 fully saturated rings. The smallest absolute Gasteiger partial charge is 0.343 e. The van der Waals surface area contributed by atoms with Crippen molar-refractivity contribution in [3.8, 4) is 5.75 Å². The number of H-pyrrole nitrogens is 1. The molecule has 2 aromatic carbocycles. The number of carbonyl (C=O) groups is 1. The average Bonchev–Trinajstić information content (AvgIpc) is 3.14. The number of para-hydroxylation sites is 1. The van der Waals surface area contributed by atoms with E-state index < -0.39 is 11.5 Å². The van der Waals surface area contributed by atoms with E-state index in [1.54, 1.807) is 20.1 Å². The van der Waals surface area contributed by atoms with Crippen LogP contribution < -0.4 is 15.7 Å². The lowest BCUT2D eigenvalue weighted by molar-refractivity contribution is -0.118. The van der Waals surface area contributed by atoms with Gasteiger partial charge < -0.3 is 19.5 Å². The van der Waals surface area contributed by atoms with Crippen LogP contribution in [0.1, 0.15) is 46.5 Å². The zero-order chi connectivity index (χ0) is 23.5. The van der Waals surface area contributed by atoms with E-state index in [9.17, 15) is 9.59 Å². The van der Waals surface area contributed by atoms with Gasteiger partial charge in [-0.05, 0) is 37.5 Å². The third kappa shape index (κ3) is 4.55. The second kappa shape index (κ2) is 9.36. The Morgan fingerprint density at radius 2 is 1.85 bits per heavy atom. The van der Waals surface area contributed by atoms with Crippen LogP contribution in [-0.2, 0) is 11.2 Å².